The van der Waals surface area contributed by atoms with E-state index in [4.69, 9.17) is 5.84 Å². The average Bonchev–Trinajstić information content (AvgIpc) is 2.96. The van der Waals surface area contributed by atoms with Crippen LogP contribution in [0.15, 0.2) is 23.7 Å². The predicted octanol–water partition coefficient (Wildman–Crippen LogP) is 2.05. The number of hydrazine groups is 1. The van der Waals surface area contributed by atoms with Gasteiger partial charge in [-0.25, -0.2) is 15.8 Å². The molecular formula is C14H19N5OS. The minimum absolute atomic E-state index is 0.169. The maximum absolute atomic E-state index is 12.3. The summed E-state index contributed by atoms with van der Waals surface area (Å²) in [6.45, 7) is 6.52. The first-order valence-electron chi connectivity index (χ1n) is 6.56. The lowest BCUT2D eigenvalue weighted by Crippen LogP contribution is -2.25. The lowest BCUT2D eigenvalue weighted by molar-refractivity contribution is 0.0950. The fraction of sp³-hybridized carbons (Fsp3) is 0.357. The molecule has 0 unspecified atom stereocenters. The molecule has 0 spiro atoms. The van der Waals surface area contributed by atoms with Crippen LogP contribution in [0.25, 0.3) is 0 Å². The van der Waals surface area contributed by atoms with Crippen molar-refractivity contribution in [3.63, 3.8) is 0 Å². The summed E-state index contributed by atoms with van der Waals surface area (Å²) in [7, 11) is 0. The molecular weight excluding hydrogens is 286 g/mol. The van der Waals surface area contributed by atoms with Gasteiger partial charge < -0.3 is 10.7 Å². The first kappa shape index (κ1) is 15.4. The fourth-order valence-electron chi connectivity index (χ4n) is 1.72. The van der Waals surface area contributed by atoms with E-state index >= 15 is 0 Å². The van der Waals surface area contributed by atoms with Crippen molar-refractivity contribution in [2.75, 3.05) is 5.43 Å². The molecule has 6 nitrogen and oxygen atoms in total. The summed E-state index contributed by atoms with van der Waals surface area (Å²) in [5.74, 6) is 5.73. The van der Waals surface area contributed by atoms with E-state index < -0.39 is 0 Å². The van der Waals surface area contributed by atoms with Crippen molar-refractivity contribution < 1.29 is 4.79 Å². The molecule has 0 radical (unpaired) electrons. The Balaban J connectivity index is 2.19. The van der Waals surface area contributed by atoms with Gasteiger partial charge in [0, 0.05) is 28.2 Å². The molecule has 0 saturated carbocycles. The van der Waals surface area contributed by atoms with Gasteiger partial charge in [-0.2, -0.15) is 0 Å². The summed E-state index contributed by atoms with van der Waals surface area (Å²) in [6.07, 6.45) is 1.72. The quantitative estimate of drug-likeness (QED) is 0.594. The number of carbonyl (C=O) groups excluding carboxylic acids is 1. The number of anilines is 1. The third-order valence-corrected chi connectivity index (χ3v) is 3.67. The Hall–Kier alpha value is -1.99. The van der Waals surface area contributed by atoms with Crippen LogP contribution in [0.4, 0.5) is 5.82 Å². The molecule has 2 heterocycles. The van der Waals surface area contributed by atoms with E-state index in [2.05, 4.69) is 20.7 Å². The largest absolute Gasteiger partial charge is 0.346 e. The predicted molar refractivity (Wildman–Crippen MR) is 84.0 cm³/mol. The monoisotopic (exact) mass is 305 g/mol. The highest BCUT2D eigenvalue weighted by Crippen LogP contribution is 2.23. The number of hydrogen-bond acceptors (Lipinski definition) is 6. The van der Waals surface area contributed by atoms with Crippen LogP contribution >= 0.6 is 11.3 Å². The summed E-state index contributed by atoms with van der Waals surface area (Å²) < 4.78 is 0. The van der Waals surface area contributed by atoms with Gasteiger partial charge in [0.2, 0.25) is 0 Å². The second-order valence-corrected chi connectivity index (χ2v) is 6.61. The number of nitrogen functional groups attached to an aromatic ring is 1. The number of nitrogens with one attached hydrogen (secondary N) is 2. The molecule has 1 amide bonds. The normalized spacial score (nSPS) is 11.2. The van der Waals surface area contributed by atoms with Crippen LogP contribution < -0.4 is 16.6 Å². The molecule has 112 valence electrons. The van der Waals surface area contributed by atoms with E-state index in [9.17, 15) is 4.79 Å². The molecule has 0 aliphatic carbocycles. The molecule has 0 aliphatic rings. The van der Waals surface area contributed by atoms with E-state index in [0.29, 0.717) is 17.9 Å². The zero-order chi connectivity index (χ0) is 15.5. The fourth-order valence-corrected chi connectivity index (χ4v) is 2.27. The summed E-state index contributed by atoms with van der Waals surface area (Å²) in [4.78, 5) is 20.8. The molecule has 0 atom stereocenters. The molecule has 0 aromatic carbocycles. The van der Waals surface area contributed by atoms with Crippen molar-refractivity contribution >= 4 is 23.1 Å². The molecule has 2 aromatic rings. The molecule has 7 heteroatoms. The Morgan fingerprint density at radius 1 is 1.38 bits per heavy atom. The summed E-state index contributed by atoms with van der Waals surface area (Å²) in [6, 6.07) is 3.42. The van der Waals surface area contributed by atoms with Crippen LogP contribution in [0, 0.1) is 0 Å². The molecule has 2 aromatic heterocycles. The minimum Gasteiger partial charge on any atom is -0.346 e. The smallest absolute Gasteiger partial charge is 0.251 e. The standard InChI is InChI=1S/C14H19N5OS/c1-14(2,3)10-6-9(7-11(18-10)19-15)13(20)17-8-12-16-4-5-21-12/h4-7H,8,15H2,1-3H3,(H,17,20)(H,18,19). The Labute approximate surface area is 127 Å². The van der Waals surface area contributed by atoms with Gasteiger partial charge in [0.05, 0.1) is 6.54 Å². The number of aromatic nitrogens is 2. The Morgan fingerprint density at radius 2 is 2.14 bits per heavy atom. The van der Waals surface area contributed by atoms with Crippen molar-refractivity contribution in [1.29, 1.82) is 0 Å². The first-order valence-corrected chi connectivity index (χ1v) is 7.44. The molecule has 0 aliphatic heterocycles. The SMILES string of the molecule is CC(C)(C)c1cc(C(=O)NCc2nccs2)cc(NN)n1. The van der Waals surface area contributed by atoms with Gasteiger partial charge in [-0.15, -0.1) is 11.3 Å². The number of thiazole rings is 1. The highest BCUT2D eigenvalue weighted by atomic mass is 32.1. The van der Waals surface area contributed by atoms with Crippen molar-refractivity contribution in [1.82, 2.24) is 15.3 Å². The van der Waals surface area contributed by atoms with Crippen molar-refractivity contribution in [2.45, 2.75) is 32.7 Å². The number of rotatable bonds is 4. The Bertz CT molecular complexity index is 619. The van der Waals surface area contributed by atoms with E-state index in [-0.39, 0.29) is 11.3 Å². The van der Waals surface area contributed by atoms with E-state index in [1.165, 1.54) is 11.3 Å². The molecule has 2 rings (SSSR count). The number of hydrogen-bond donors (Lipinski definition) is 3. The van der Waals surface area contributed by atoms with Gasteiger partial charge in [-0.05, 0) is 12.1 Å². The van der Waals surface area contributed by atoms with Gasteiger partial charge in [0.1, 0.15) is 10.8 Å². The summed E-state index contributed by atoms with van der Waals surface area (Å²) in [5, 5.41) is 5.59. The number of carbonyl (C=O) groups is 1. The van der Waals surface area contributed by atoms with Crippen LogP contribution in [0.2, 0.25) is 0 Å². The van der Waals surface area contributed by atoms with Crippen LogP contribution in [0.1, 0.15) is 41.8 Å². The number of nitrogens with zero attached hydrogens (tertiary/aromatic N) is 2. The maximum atomic E-state index is 12.3. The van der Waals surface area contributed by atoms with Crippen molar-refractivity contribution in [2.24, 2.45) is 5.84 Å². The molecule has 4 N–H and O–H groups in total. The number of nitrogens with two attached hydrogens (primary N) is 1. The zero-order valence-electron chi connectivity index (χ0n) is 12.3. The van der Waals surface area contributed by atoms with Crippen molar-refractivity contribution in [3.05, 3.63) is 40.0 Å². The third kappa shape index (κ3) is 3.99. The molecule has 0 fully saturated rings. The van der Waals surface area contributed by atoms with Gasteiger partial charge in [-0.1, -0.05) is 20.8 Å². The van der Waals surface area contributed by atoms with Gasteiger partial charge >= 0.3 is 0 Å². The van der Waals surface area contributed by atoms with E-state index in [0.717, 1.165) is 10.7 Å². The minimum atomic E-state index is -0.172. The van der Waals surface area contributed by atoms with Gasteiger partial charge in [0.25, 0.3) is 5.91 Å². The van der Waals surface area contributed by atoms with Crippen molar-refractivity contribution in [3.8, 4) is 0 Å². The van der Waals surface area contributed by atoms with Crippen LogP contribution in [0.5, 0.6) is 0 Å². The molecule has 0 bridgehead atoms. The van der Waals surface area contributed by atoms with E-state index in [1.807, 2.05) is 26.2 Å². The lowest BCUT2D eigenvalue weighted by Gasteiger charge is -2.19. The second-order valence-electron chi connectivity index (χ2n) is 5.63. The number of pyridine rings is 1. The van der Waals surface area contributed by atoms with Crippen LogP contribution in [-0.2, 0) is 12.0 Å². The van der Waals surface area contributed by atoms with Gasteiger partial charge in [-0.3, -0.25) is 4.79 Å². The summed E-state index contributed by atoms with van der Waals surface area (Å²) in [5.41, 5.74) is 3.66. The topological polar surface area (TPSA) is 92.9 Å². The van der Waals surface area contributed by atoms with Gasteiger partial charge in [0.15, 0.2) is 0 Å². The number of amides is 1. The zero-order valence-corrected chi connectivity index (χ0v) is 13.1. The first-order chi connectivity index (χ1) is 9.90. The Kier molecular flexibility index (Phi) is 4.54. The lowest BCUT2D eigenvalue weighted by atomic mass is 9.90. The molecule has 0 saturated heterocycles. The summed E-state index contributed by atoms with van der Waals surface area (Å²) >= 11 is 1.50. The van der Waals surface area contributed by atoms with E-state index in [1.54, 1.807) is 18.3 Å². The molecule has 21 heavy (non-hydrogen) atoms. The maximum Gasteiger partial charge on any atom is 0.251 e. The highest BCUT2D eigenvalue weighted by molar-refractivity contribution is 7.09. The third-order valence-electron chi connectivity index (χ3n) is 2.89. The van der Waals surface area contributed by atoms with Crippen LogP contribution in [-0.4, -0.2) is 15.9 Å². The van der Waals surface area contributed by atoms with Crippen LogP contribution in [0.3, 0.4) is 0 Å². The second kappa shape index (κ2) is 6.19. The average molecular weight is 305 g/mol. The Morgan fingerprint density at radius 3 is 2.71 bits per heavy atom. The highest BCUT2D eigenvalue weighted by Gasteiger charge is 2.19.